The predicted octanol–water partition coefficient (Wildman–Crippen LogP) is 4.67. The Kier molecular flexibility index (Phi) is 5.10. The Balaban J connectivity index is 1.64. The molecule has 0 unspecified atom stereocenters. The average molecular weight is 402 g/mol. The first kappa shape index (κ1) is 18.8. The molecule has 4 rings (SSSR count). The molecule has 0 saturated heterocycles. The third-order valence-electron chi connectivity index (χ3n) is 4.64. The van der Waals surface area contributed by atoms with Crippen LogP contribution in [0.1, 0.15) is 38.8 Å². The smallest absolute Gasteiger partial charge is 0.196 e. The Morgan fingerprint density at radius 1 is 0.793 bits per heavy atom. The van der Waals surface area contributed by atoms with E-state index in [2.05, 4.69) is 10.6 Å². The van der Waals surface area contributed by atoms with E-state index in [0.29, 0.717) is 51.1 Å². The summed E-state index contributed by atoms with van der Waals surface area (Å²) in [5, 5.41) is 6.45. The molecule has 6 heteroatoms. The summed E-state index contributed by atoms with van der Waals surface area (Å²) in [6.45, 7) is 2.44. The Bertz CT molecular complexity index is 1140. The largest absolute Gasteiger partial charge is 0.492 e. The number of rotatable bonds is 4. The number of anilines is 2. The number of hydrogen-bond donors (Lipinski definition) is 2. The topological polar surface area (TPSA) is 67.4 Å². The zero-order chi connectivity index (χ0) is 20.4. The molecular weight excluding hydrogens is 384 g/mol. The maximum Gasteiger partial charge on any atom is 0.196 e. The van der Waals surface area contributed by atoms with Crippen molar-refractivity contribution in [3.63, 3.8) is 0 Å². The molecule has 3 aromatic rings. The Labute approximate surface area is 173 Å². The van der Waals surface area contributed by atoms with Crippen molar-refractivity contribution in [1.29, 1.82) is 0 Å². The maximum atomic E-state index is 13.1. The number of carbonyl (C=O) groups excluding carboxylic acids is 2. The highest BCUT2D eigenvalue weighted by Gasteiger charge is 2.31. The van der Waals surface area contributed by atoms with Crippen molar-refractivity contribution in [3.05, 3.63) is 89.0 Å². The van der Waals surface area contributed by atoms with Crippen LogP contribution in [-0.2, 0) is 0 Å². The molecule has 5 nitrogen and oxygen atoms in total. The van der Waals surface area contributed by atoms with Gasteiger partial charge in [0.25, 0.3) is 0 Å². The highest BCUT2D eigenvalue weighted by Crippen LogP contribution is 2.32. The van der Waals surface area contributed by atoms with E-state index in [0.717, 1.165) is 0 Å². The van der Waals surface area contributed by atoms with Gasteiger partial charge in [-0.15, -0.1) is 0 Å². The van der Waals surface area contributed by atoms with Crippen molar-refractivity contribution in [2.24, 2.45) is 0 Å². The fourth-order valence-electron chi connectivity index (χ4n) is 3.38. The number of para-hydroxylation sites is 2. The minimum absolute atomic E-state index is 0.167. The summed E-state index contributed by atoms with van der Waals surface area (Å²) < 4.78 is 5.60. The second kappa shape index (κ2) is 7.85. The molecule has 0 saturated carbocycles. The van der Waals surface area contributed by atoms with Crippen molar-refractivity contribution < 1.29 is 14.3 Å². The van der Waals surface area contributed by atoms with Gasteiger partial charge in [0.1, 0.15) is 5.75 Å². The lowest BCUT2D eigenvalue weighted by Gasteiger charge is -2.21. The Hall–Kier alpha value is -3.51. The molecule has 0 aliphatic heterocycles. The van der Waals surface area contributed by atoms with Gasteiger partial charge in [0, 0.05) is 16.7 Å². The maximum absolute atomic E-state index is 13.1. The molecule has 0 bridgehead atoms. The van der Waals surface area contributed by atoms with Gasteiger partial charge in [-0.1, -0.05) is 48.5 Å². The van der Waals surface area contributed by atoms with Crippen LogP contribution in [0.4, 0.5) is 11.4 Å². The molecule has 0 spiro atoms. The Morgan fingerprint density at radius 2 is 1.38 bits per heavy atom. The second-order valence-electron chi connectivity index (χ2n) is 6.44. The Morgan fingerprint density at radius 3 is 2.14 bits per heavy atom. The van der Waals surface area contributed by atoms with Crippen LogP contribution in [0.3, 0.4) is 0 Å². The van der Waals surface area contributed by atoms with E-state index in [1.54, 1.807) is 42.5 Å². The summed E-state index contributed by atoms with van der Waals surface area (Å²) >= 11 is 5.44. The quantitative estimate of drug-likeness (QED) is 0.484. The van der Waals surface area contributed by atoms with E-state index >= 15 is 0 Å². The SMILES string of the molecule is CCOc1ccccc1NC(=S)Nc1cccc2c1C(=O)c1ccccc1C2=O. The normalized spacial score (nSPS) is 12.0. The molecule has 1 aliphatic rings. The molecule has 0 aromatic heterocycles. The number of hydrogen-bond acceptors (Lipinski definition) is 4. The van der Waals surface area contributed by atoms with Gasteiger partial charge in [-0.05, 0) is 37.3 Å². The van der Waals surface area contributed by atoms with Crippen molar-refractivity contribution in [1.82, 2.24) is 0 Å². The van der Waals surface area contributed by atoms with E-state index in [9.17, 15) is 9.59 Å². The van der Waals surface area contributed by atoms with Crippen LogP contribution in [0.15, 0.2) is 66.7 Å². The second-order valence-corrected chi connectivity index (χ2v) is 6.85. The first-order chi connectivity index (χ1) is 14.1. The minimum atomic E-state index is -0.198. The van der Waals surface area contributed by atoms with Gasteiger partial charge in [0.2, 0.25) is 0 Å². The molecule has 0 heterocycles. The molecule has 0 radical (unpaired) electrons. The minimum Gasteiger partial charge on any atom is -0.492 e. The number of carbonyl (C=O) groups is 2. The van der Waals surface area contributed by atoms with Crippen LogP contribution in [0.2, 0.25) is 0 Å². The molecule has 2 N–H and O–H groups in total. The molecular formula is C23H18N2O3S. The predicted molar refractivity (Wildman–Crippen MR) is 117 cm³/mol. The zero-order valence-corrected chi connectivity index (χ0v) is 16.5. The molecule has 1 aliphatic carbocycles. The summed E-state index contributed by atoms with van der Waals surface area (Å²) in [7, 11) is 0. The lowest BCUT2D eigenvalue weighted by atomic mass is 9.83. The van der Waals surface area contributed by atoms with Crippen molar-refractivity contribution in [2.45, 2.75) is 6.92 Å². The van der Waals surface area contributed by atoms with E-state index < -0.39 is 0 Å². The highest BCUT2D eigenvalue weighted by atomic mass is 32.1. The first-order valence-electron chi connectivity index (χ1n) is 9.21. The van der Waals surface area contributed by atoms with Crippen LogP contribution in [0.5, 0.6) is 5.75 Å². The van der Waals surface area contributed by atoms with E-state index in [4.69, 9.17) is 17.0 Å². The third-order valence-corrected chi connectivity index (χ3v) is 4.84. The molecule has 29 heavy (non-hydrogen) atoms. The van der Waals surface area contributed by atoms with Crippen molar-refractivity contribution in [2.75, 3.05) is 17.2 Å². The molecule has 3 aromatic carbocycles. The lowest BCUT2D eigenvalue weighted by Crippen LogP contribution is -2.25. The van der Waals surface area contributed by atoms with E-state index in [1.165, 1.54) is 0 Å². The van der Waals surface area contributed by atoms with E-state index in [-0.39, 0.29) is 11.6 Å². The highest BCUT2D eigenvalue weighted by molar-refractivity contribution is 7.80. The van der Waals surface area contributed by atoms with Crippen LogP contribution >= 0.6 is 12.2 Å². The van der Waals surface area contributed by atoms with Crippen LogP contribution in [-0.4, -0.2) is 23.3 Å². The average Bonchev–Trinajstić information content (AvgIpc) is 2.73. The van der Waals surface area contributed by atoms with Gasteiger partial charge in [0.15, 0.2) is 16.7 Å². The third kappa shape index (κ3) is 3.50. The van der Waals surface area contributed by atoms with Crippen LogP contribution in [0.25, 0.3) is 0 Å². The summed E-state index contributed by atoms with van der Waals surface area (Å²) in [6, 6.07) is 19.4. The number of ketones is 2. The number of benzene rings is 3. The summed E-state index contributed by atoms with van der Waals surface area (Å²) in [6.07, 6.45) is 0. The van der Waals surface area contributed by atoms with Crippen molar-refractivity contribution in [3.8, 4) is 5.75 Å². The summed E-state index contributed by atoms with van der Waals surface area (Å²) in [5.41, 5.74) is 2.73. The van der Waals surface area contributed by atoms with Gasteiger partial charge < -0.3 is 15.4 Å². The lowest BCUT2D eigenvalue weighted by molar-refractivity contribution is 0.0979. The molecule has 144 valence electrons. The molecule has 0 atom stereocenters. The van der Waals surface area contributed by atoms with Gasteiger partial charge in [-0.3, -0.25) is 9.59 Å². The molecule has 0 amide bonds. The summed E-state index contributed by atoms with van der Waals surface area (Å²) in [5.74, 6) is 0.310. The first-order valence-corrected chi connectivity index (χ1v) is 9.62. The van der Waals surface area contributed by atoms with Crippen molar-refractivity contribution >= 4 is 40.3 Å². The van der Waals surface area contributed by atoms with Crippen LogP contribution < -0.4 is 15.4 Å². The number of fused-ring (bicyclic) bond motifs is 2. The fourth-order valence-corrected chi connectivity index (χ4v) is 3.60. The van der Waals surface area contributed by atoms with Gasteiger partial charge in [0.05, 0.1) is 23.5 Å². The summed E-state index contributed by atoms with van der Waals surface area (Å²) in [4.78, 5) is 25.9. The number of ether oxygens (including phenoxy) is 1. The van der Waals surface area contributed by atoms with Crippen LogP contribution in [0, 0.1) is 0 Å². The van der Waals surface area contributed by atoms with Gasteiger partial charge >= 0.3 is 0 Å². The zero-order valence-electron chi connectivity index (χ0n) is 15.7. The van der Waals surface area contributed by atoms with E-state index in [1.807, 2.05) is 31.2 Å². The fraction of sp³-hybridized carbons (Fsp3) is 0.0870. The number of thiocarbonyl (C=S) groups is 1. The number of nitrogens with one attached hydrogen (secondary N) is 2. The molecule has 0 fully saturated rings. The van der Waals surface area contributed by atoms with Gasteiger partial charge in [-0.2, -0.15) is 0 Å². The van der Waals surface area contributed by atoms with Gasteiger partial charge in [-0.25, -0.2) is 0 Å². The standard InChI is InChI=1S/C23H18N2O3S/c1-2-28-19-13-6-5-11-17(19)24-23(29)25-18-12-7-10-16-20(18)22(27)15-9-4-3-8-14(15)21(16)26/h3-13H,2H2,1H3,(H2,24,25,29). The monoisotopic (exact) mass is 402 g/mol.